The van der Waals surface area contributed by atoms with E-state index in [0.29, 0.717) is 12.0 Å². The lowest BCUT2D eigenvalue weighted by molar-refractivity contribution is -0.0143. The average molecular weight is 226 g/mol. The van der Waals surface area contributed by atoms with Crippen molar-refractivity contribution in [3.63, 3.8) is 0 Å². The second-order valence-electron chi connectivity index (χ2n) is 4.28. The largest absolute Gasteiger partial charge is 0.494 e. The van der Waals surface area contributed by atoms with Crippen LogP contribution in [0.15, 0.2) is 18.2 Å². The molecule has 0 fully saturated rings. The topological polar surface area (TPSA) is 29.5 Å². The molecule has 1 unspecified atom stereocenters. The zero-order valence-electron chi connectivity index (χ0n) is 10.2. The Morgan fingerprint density at radius 3 is 2.44 bits per heavy atom. The first-order chi connectivity index (χ1) is 7.45. The van der Waals surface area contributed by atoms with Gasteiger partial charge in [-0.15, -0.1) is 0 Å². The molecule has 0 saturated heterocycles. The van der Waals surface area contributed by atoms with Crippen LogP contribution in [0.1, 0.15) is 32.8 Å². The minimum atomic E-state index is -0.979. The lowest BCUT2D eigenvalue weighted by Crippen LogP contribution is -2.31. The Kier molecular flexibility index (Phi) is 3.92. The number of rotatable bonds is 4. The Labute approximate surface area is 96.1 Å². The lowest BCUT2D eigenvalue weighted by atomic mass is 9.81. The normalized spacial score (nSPS) is 14.9. The van der Waals surface area contributed by atoms with Gasteiger partial charge >= 0.3 is 0 Å². The van der Waals surface area contributed by atoms with Gasteiger partial charge < -0.3 is 9.84 Å². The number of halogens is 1. The molecule has 1 N–H and O–H groups in total. The fourth-order valence-corrected chi connectivity index (χ4v) is 1.88. The van der Waals surface area contributed by atoms with Gasteiger partial charge in [-0.2, -0.15) is 0 Å². The van der Waals surface area contributed by atoms with Gasteiger partial charge in [0.1, 0.15) is 0 Å². The van der Waals surface area contributed by atoms with E-state index in [2.05, 4.69) is 0 Å². The zero-order valence-corrected chi connectivity index (χ0v) is 10.2. The number of methoxy groups -OCH3 is 1. The monoisotopic (exact) mass is 226 g/mol. The molecule has 1 rings (SSSR count). The molecule has 0 amide bonds. The van der Waals surface area contributed by atoms with Crippen LogP contribution in [-0.4, -0.2) is 12.2 Å². The second kappa shape index (κ2) is 4.83. The smallest absolute Gasteiger partial charge is 0.165 e. The summed E-state index contributed by atoms with van der Waals surface area (Å²) in [4.78, 5) is 0. The van der Waals surface area contributed by atoms with Crippen LogP contribution in [0.5, 0.6) is 5.75 Å². The summed E-state index contributed by atoms with van der Waals surface area (Å²) in [5, 5.41) is 10.4. The third kappa shape index (κ3) is 2.19. The van der Waals surface area contributed by atoms with Gasteiger partial charge in [-0.1, -0.05) is 26.8 Å². The molecule has 16 heavy (non-hydrogen) atoms. The van der Waals surface area contributed by atoms with E-state index in [1.165, 1.54) is 13.2 Å². The fourth-order valence-electron chi connectivity index (χ4n) is 1.88. The molecule has 0 radical (unpaired) electrons. The summed E-state index contributed by atoms with van der Waals surface area (Å²) in [6.07, 6.45) is 0.552. The summed E-state index contributed by atoms with van der Waals surface area (Å²) in [6, 6.07) is 4.61. The van der Waals surface area contributed by atoms with Crippen molar-refractivity contribution in [2.24, 2.45) is 5.92 Å². The summed E-state index contributed by atoms with van der Waals surface area (Å²) in [7, 11) is 1.42. The predicted octanol–water partition coefficient (Wildman–Crippen LogP) is 3.09. The third-order valence-electron chi connectivity index (χ3n) is 3.15. The van der Waals surface area contributed by atoms with Crippen LogP contribution in [0.2, 0.25) is 0 Å². The van der Waals surface area contributed by atoms with Gasteiger partial charge in [0, 0.05) is 0 Å². The number of benzene rings is 1. The summed E-state index contributed by atoms with van der Waals surface area (Å²) >= 11 is 0. The lowest BCUT2D eigenvalue weighted by Gasteiger charge is -2.31. The van der Waals surface area contributed by atoms with E-state index in [1.54, 1.807) is 12.1 Å². The summed E-state index contributed by atoms with van der Waals surface area (Å²) in [5.74, 6) is -0.205. The number of ether oxygens (including phenoxy) is 1. The molecular weight excluding hydrogens is 207 g/mol. The maximum Gasteiger partial charge on any atom is 0.165 e. The van der Waals surface area contributed by atoms with Crippen molar-refractivity contribution in [2.75, 3.05) is 7.11 Å². The molecule has 0 aromatic heterocycles. The van der Waals surface area contributed by atoms with Gasteiger partial charge in [-0.25, -0.2) is 4.39 Å². The van der Waals surface area contributed by atoms with E-state index in [4.69, 9.17) is 4.74 Å². The highest BCUT2D eigenvalue weighted by Crippen LogP contribution is 2.34. The summed E-state index contributed by atoms with van der Waals surface area (Å²) in [5.41, 5.74) is -0.379. The van der Waals surface area contributed by atoms with Gasteiger partial charge in [-0.3, -0.25) is 0 Å². The molecular formula is C13H19FO2. The van der Waals surface area contributed by atoms with Crippen molar-refractivity contribution in [3.05, 3.63) is 29.6 Å². The maximum absolute atomic E-state index is 13.5. The SMILES string of the molecule is CCC(O)(c1ccc(OC)c(F)c1)C(C)C. The van der Waals surface area contributed by atoms with Crippen molar-refractivity contribution in [1.82, 2.24) is 0 Å². The molecule has 1 aromatic carbocycles. The minimum absolute atomic E-state index is 0.0327. The van der Waals surface area contributed by atoms with E-state index < -0.39 is 11.4 Å². The second-order valence-corrected chi connectivity index (χ2v) is 4.28. The fraction of sp³-hybridized carbons (Fsp3) is 0.538. The van der Waals surface area contributed by atoms with Gasteiger partial charge in [0.05, 0.1) is 12.7 Å². The molecule has 0 aliphatic carbocycles. The molecule has 0 saturated carbocycles. The van der Waals surface area contributed by atoms with Crippen LogP contribution in [0.25, 0.3) is 0 Å². The van der Waals surface area contributed by atoms with Crippen molar-refractivity contribution >= 4 is 0 Å². The van der Waals surface area contributed by atoms with Gasteiger partial charge in [-0.05, 0) is 30.0 Å². The maximum atomic E-state index is 13.5. The Balaban J connectivity index is 3.18. The molecule has 90 valence electrons. The first-order valence-electron chi connectivity index (χ1n) is 5.52. The van der Waals surface area contributed by atoms with Crippen molar-refractivity contribution in [3.8, 4) is 5.75 Å². The van der Waals surface area contributed by atoms with Crippen LogP contribution >= 0.6 is 0 Å². The summed E-state index contributed by atoms with van der Waals surface area (Å²) in [6.45, 7) is 5.74. The van der Waals surface area contributed by atoms with E-state index in [9.17, 15) is 9.50 Å². The van der Waals surface area contributed by atoms with Crippen LogP contribution in [0, 0.1) is 11.7 Å². The standard InChI is InChI=1S/C13H19FO2/c1-5-13(15,9(2)3)10-6-7-12(16-4)11(14)8-10/h6-9,15H,5H2,1-4H3. The highest BCUT2D eigenvalue weighted by Gasteiger charge is 2.31. The van der Waals surface area contributed by atoms with E-state index >= 15 is 0 Å². The molecule has 0 spiro atoms. The number of hydrogen-bond acceptors (Lipinski definition) is 2. The number of hydrogen-bond donors (Lipinski definition) is 1. The number of aliphatic hydroxyl groups is 1. The molecule has 0 aliphatic heterocycles. The van der Waals surface area contributed by atoms with E-state index in [-0.39, 0.29) is 11.7 Å². The first kappa shape index (κ1) is 13.0. The Morgan fingerprint density at radius 2 is 2.06 bits per heavy atom. The first-order valence-corrected chi connectivity index (χ1v) is 5.52. The highest BCUT2D eigenvalue weighted by molar-refractivity contribution is 5.32. The molecule has 2 nitrogen and oxygen atoms in total. The van der Waals surface area contributed by atoms with Crippen LogP contribution < -0.4 is 4.74 Å². The van der Waals surface area contributed by atoms with E-state index in [1.807, 2.05) is 20.8 Å². The Bertz CT molecular complexity index is 363. The summed E-state index contributed by atoms with van der Waals surface area (Å²) < 4.78 is 18.4. The zero-order chi connectivity index (χ0) is 12.3. The highest BCUT2D eigenvalue weighted by atomic mass is 19.1. The average Bonchev–Trinajstić information content (AvgIpc) is 2.27. The third-order valence-corrected chi connectivity index (χ3v) is 3.15. The van der Waals surface area contributed by atoms with Crippen LogP contribution in [0.4, 0.5) is 4.39 Å². The molecule has 1 atom stereocenters. The van der Waals surface area contributed by atoms with Crippen LogP contribution in [0.3, 0.4) is 0 Å². The quantitative estimate of drug-likeness (QED) is 0.854. The Hall–Kier alpha value is -1.09. The molecule has 0 bridgehead atoms. The van der Waals surface area contributed by atoms with Gasteiger partial charge in [0.25, 0.3) is 0 Å². The van der Waals surface area contributed by atoms with Gasteiger partial charge in [0.15, 0.2) is 11.6 Å². The molecule has 1 aromatic rings. The molecule has 0 aliphatic rings. The predicted molar refractivity (Wildman–Crippen MR) is 62.0 cm³/mol. The minimum Gasteiger partial charge on any atom is -0.494 e. The van der Waals surface area contributed by atoms with Crippen molar-refractivity contribution in [1.29, 1.82) is 0 Å². The van der Waals surface area contributed by atoms with Crippen LogP contribution in [-0.2, 0) is 5.60 Å². The Morgan fingerprint density at radius 1 is 1.44 bits per heavy atom. The van der Waals surface area contributed by atoms with Crippen molar-refractivity contribution < 1.29 is 14.2 Å². The molecule has 0 heterocycles. The van der Waals surface area contributed by atoms with E-state index in [0.717, 1.165) is 0 Å². The van der Waals surface area contributed by atoms with Gasteiger partial charge in [0.2, 0.25) is 0 Å². The van der Waals surface area contributed by atoms with Crippen molar-refractivity contribution in [2.45, 2.75) is 32.8 Å². The molecule has 3 heteroatoms.